The van der Waals surface area contributed by atoms with Crippen LogP contribution in [0.1, 0.15) is 24.8 Å². The van der Waals surface area contributed by atoms with E-state index in [9.17, 15) is 5.11 Å². The molecule has 1 aromatic carbocycles. The van der Waals surface area contributed by atoms with Crippen LogP contribution in [0.4, 0.5) is 0 Å². The Morgan fingerprint density at radius 1 is 1.44 bits per heavy atom. The van der Waals surface area contributed by atoms with Crippen molar-refractivity contribution in [3.8, 4) is 0 Å². The summed E-state index contributed by atoms with van der Waals surface area (Å²) in [4.78, 5) is 0. The van der Waals surface area contributed by atoms with E-state index >= 15 is 0 Å². The minimum atomic E-state index is 0.114. The van der Waals surface area contributed by atoms with Gasteiger partial charge in [0.1, 0.15) is 0 Å². The van der Waals surface area contributed by atoms with Crippen LogP contribution in [-0.4, -0.2) is 24.9 Å². The number of aliphatic hydroxyl groups excluding tert-OH is 1. The summed E-state index contributed by atoms with van der Waals surface area (Å²) < 4.78 is 5.23. The Labute approximate surface area is 101 Å². The summed E-state index contributed by atoms with van der Waals surface area (Å²) in [5, 5.41) is 10.2. The van der Waals surface area contributed by atoms with Crippen LogP contribution in [0, 0.1) is 5.41 Å². The summed E-state index contributed by atoms with van der Waals surface area (Å²) in [7, 11) is 0. The molecule has 2 rings (SSSR count). The Bertz CT molecular complexity index is 361. The van der Waals surface area contributed by atoms with Gasteiger partial charge in [-0.3, -0.25) is 0 Å². The van der Waals surface area contributed by atoms with Crippen molar-refractivity contribution in [3.63, 3.8) is 0 Å². The third-order valence-electron chi connectivity index (χ3n) is 3.21. The molecule has 1 unspecified atom stereocenters. The summed E-state index contributed by atoms with van der Waals surface area (Å²) in [6.45, 7) is 3.90. The van der Waals surface area contributed by atoms with Gasteiger partial charge >= 0.3 is 0 Å². The SMILES string of the molecule is CC1(CC(CO)c2ccccc2Cl)COC1. The maximum absolute atomic E-state index is 9.49. The molecule has 1 saturated heterocycles. The topological polar surface area (TPSA) is 29.5 Å². The van der Waals surface area contributed by atoms with Gasteiger partial charge in [-0.05, 0) is 18.1 Å². The Hall–Kier alpha value is -0.570. The summed E-state index contributed by atoms with van der Waals surface area (Å²) in [5.41, 5.74) is 1.24. The second-order valence-electron chi connectivity index (χ2n) is 4.91. The van der Waals surface area contributed by atoms with Gasteiger partial charge in [0.15, 0.2) is 0 Å². The molecule has 1 N–H and O–H groups in total. The first-order chi connectivity index (χ1) is 7.64. The largest absolute Gasteiger partial charge is 0.396 e. The highest BCUT2D eigenvalue weighted by molar-refractivity contribution is 6.31. The van der Waals surface area contributed by atoms with Gasteiger partial charge in [0.05, 0.1) is 19.8 Å². The van der Waals surface area contributed by atoms with Crippen LogP contribution >= 0.6 is 11.6 Å². The van der Waals surface area contributed by atoms with E-state index in [4.69, 9.17) is 16.3 Å². The highest BCUT2D eigenvalue weighted by atomic mass is 35.5. The van der Waals surface area contributed by atoms with E-state index in [1.54, 1.807) is 0 Å². The van der Waals surface area contributed by atoms with E-state index < -0.39 is 0 Å². The van der Waals surface area contributed by atoms with Crippen LogP contribution in [0.15, 0.2) is 24.3 Å². The van der Waals surface area contributed by atoms with Gasteiger partial charge in [-0.25, -0.2) is 0 Å². The van der Waals surface area contributed by atoms with Gasteiger partial charge in [-0.2, -0.15) is 0 Å². The van der Waals surface area contributed by atoms with Gasteiger partial charge in [0.2, 0.25) is 0 Å². The molecule has 0 aliphatic carbocycles. The quantitative estimate of drug-likeness (QED) is 0.877. The van der Waals surface area contributed by atoms with Crippen molar-refractivity contribution < 1.29 is 9.84 Å². The summed E-state index contributed by atoms with van der Waals surface area (Å²) in [6, 6.07) is 7.74. The molecule has 88 valence electrons. The fourth-order valence-electron chi connectivity index (χ4n) is 2.24. The molecule has 1 fully saturated rings. The number of aliphatic hydroxyl groups is 1. The van der Waals surface area contributed by atoms with Crippen LogP contribution in [0.25, 0.3) is 0 Å². The van der Waals surface area contributed by atoms with Crippen molar-refractivity contribution in [1.29, 1.82) is 0 Å². The Kier molecular flexibility index (Phi) is 3.53. The normalized spacial score (nSPS) is 20.2. The number of hydrogen-bond donors (Lipinski definition) is 1. The lowest BCUT2D eigenvalue weighted by atomic mass is 9.77. The molecule has 1 heterocycles. The van der Waals surface area contributed by atoms with E-state index in [0.29, 0.717) is 0 Å². The van der Waals surface area contributed by atoms with E-state index in [2.05, 4.69) is 6.92 Å². The predicted octanol–water partition coefficient (Wildman–Crippen LogP) is 2.84. The molecule has 0 amide bonds. The van der Waals surface area contributed by atoms with Crippen molar-refractivity contribution in [1.82, 2.24) is 0 Å². The zero-order chi connectivity index (χ0) is 11.6. The molecular formula is C13H17ClO2. The molecule has 1 atom stereocenters. The van der Waals surface area contributed by atoms with Crippen LogP contribution in [0.3, 0.4) is 0 Å². The highest BCUT2D eigenvalue weighted by Crippen LogP contribution is 2.39. The summed E-state index contributed by atoms with van der Waals surface area (Å²) in [5.74, 6) is 0.114. The van der Waals surface area contributed by atoms with E-state index in [-0.39, 0.29) is 17.9 Å². The Morgan fingerprint density at radius 3 is 2.62 bits per heavy atom. The third kappa shape index (κ3) is 2.40. The summed E-state index contributed by atoms with van der Waals surface area (Å²) in [6.07, 6.45) is 0.924. The molecule has 16 heavy (non-hydrogen) atoms. The molecule has 1 aromatic rings. The lowest BCUT2D eigenvalue weighted by Crippen LogP contribution is -2.41. The number of rotatable bonds is 4. The number of benzene rings is 1. The van der Waals surface area contributed by atoms with Gasteiger partial charge < -0.3 is 9.84 Å². The van der Waals surface area contributed by atoms with Gasteiger partial charge in [-0.15, -0.1) is 0 Å². The van der Waals surface area contributed by atoms with Crippen LogP contribution in [-0.2, 0) is 4.74 Å². The van der Waals surface area contributed by atoms with Crippen molar-refractivity contribution in [3.05, 3.63) is 34.9 Å². The molecule has 0 aromatic heterocycles. The van der Waals surface area contributed by atoms with Gasteiger partial charge in [0, 0.05) is 16.4 Å². The second kappa shape index (κ2) is 4.74. The zero-order valence-electron chi connectivity index (χ0n) is 9.45. The molecule has 3 heteroatoms. The minimum Gasteiger partial charge on any atom is -0.396 e. The first-order valence-electron chi connectivity index (χ1n) is 5.58. The molecular weight excluding hydrogens is 224 g/mol. The lowest BCUT2D eigenvalue weighted by molar-refractivity contribution is -0.110. The molecule has 0 bridgehead atoms. The van der Waals surface area contributed by atoms with Crippen LogP contribution < -0.4 is 0 Å². The first kappa shape index (κ1) is 11.9. The standard InChI is InChI=1S/C13H17ClO2/c1-13(8-16-9-13)6-10(7-15)11-4-2-3-5-12(11)14/h2-5,10,15H,6-9H2,1H3. The first-order valence-corrected chi connectivity index (χ1v) is 5.95. The fraction of sp³-hybridized carbons (Fsp3) is 0.538. The minimum absolute atomic E-state index is 0.114. The predicted molar refractivity (Wildman–Crippen MR) is 64.8 cm³/mol. The van der Waals surface area contributed by atoms with E-state index in [0.717, 1.165) is 30.2 Å². The fourth-order valence-corrected chi connectivity index (χ4v) is 2.53. The van der Waals surface area contributed by atoms with E-state index in [1.165, 1.54) is 0 Å². The molecule has 1 aliphatic rings. The number of halogens is 1. The average molecular weight is 241 g/mol. The maximum atomic E-state index is 9.49. The molecule has 0 saturated carbocycles. The molecule has 0 radical (unpaired) electrons. The highest BCUT2D eigenvalue weighted by Gasteiger charge is 2.36. The van der Waals surface area contributed by atoms with E-state index in [1.807, 2.05) is 24.3 Å². The number of ether oxygens (including phenoxy) is 1. The third-order valence-corrected chi connectivity index (χ3v) is 3.55. The number of hydrogen-bond acceptors (Lipinski definition) is 2. The monoisotopic (exact) mass is 240 g/mol. The second-order valence-corrected chi connectivity index (χ2v) is 5.32. The van der Waals surface area contributed by atoms with Gasteiger partial charge in [0.25, 0.3) is 0 Å². The molecule has 1 aliphatic heterocycles. The summed E-state index contributed by atoms with van der Waals surface area (Å²) >= 11 is 6.15. The lowest BCUT2D eigenvalue weighted by Gasteiger charge is -2.40. The Balaban J connectivity index is 2.13. The molecule has 0 spiro atoms. The Morgan fingerprint density at radius 2 is 2.12 bits per heavy atom. The van der Waals surface area contributed by atoms with Crippen molar-refractivity contribution in [2.45, 2.75) is 19.3 Å². The zero-order valence-corrected chi connectivity index (χ0v) is 10.2. The van der Waals surface area contributed by atoms with Crippen LogP contribution in [0.5, 0.6) is 0 Å². The van der Waals surface area contributed by atoms with Crippen LogP contribution in [0.2, 0.25) is 5.02 Å². The van der Waals surface area contributed by atoms with Gasteiger partial charge in [-0.1, -0.05) is 36.7 Å². The smallest absolute Gasteiger partial charge is 0.0542 e. The van der Waals surface area contributed by atoms with Crippen molar-refractivity contribution >= 4 is 11.6 Å². The molecule has 2 nitrogen and oxygen atoms in total. The average Bonchev–Trinajstić information content (AvgIpc) is 2.25. The maximum Gasteiger partial charge on any atom is 0.0542 e. The van der Waals surface area contributed by atoms with Crippen molar-refractivity contribution in [2.24, 2.45) is 5.41 Å². The van der Waals surface area contributed by atoms with Crippen molar-refractivity contribution in [2.75, 3.05) is 19.8 Å².